The zero-order valence-electron chi connectivity index (χ0n) is 8.13. The second-order valence-electron chi connectivity index (χ2n) is 2.88. The van der Waals surface area contributed by atoms with E-state index in [2.05, 4.69) is 12.2 Å². The second-order valence-corrected chi connectivity index (χ2v) is 2.88. The van der Waals surface area contributed by atoms with Gasteiger partial charge in [0.1, 0.15) is 5.75 Å². The van der Waals surface area contributed by atoms with E-state index in [1.54, 1.807) is 7.11 Å². The minimum absolute atomic E-state index is 0.671. The van der Waals surface area contributed by atoms with Gasteiger partial charge in [0.05, 0.1) is 12.8 Å². The Hall–Kier alpha value is -1.38. The molecule has 1 rings (SSSR count). The van der Waals surface area contributed by atoms with E-state index in [9.17, 15) is 0 Å². The van der Waals surface area contributed by atoms with Gasteiger partial charge in [-0.2, -0.15) is 0 Å². The third kappa shape index (κ3) is 2.54. The molecule has 72 valence electrons. The van der Waals surface area contributed by atoms with Crippen LogP contribution in [0.3, 0.4) is 0 Å². The van der Waals surface area contributed by atoms with E-state index in [0.29, 0.717) is 5.69 Å². The summed E-state index contributed by atoms with van der Waals surface area (Å²) in [4.78, 5) is 0. The summed E-state index contributed by atoms with van der Waals surface area (Å²) in [6.07, 6.45) is 1.10. The molecule has 0 saturated heterocycles. The number of hydrogen-bond donors (Lipinski definition) is 2. The molecule has 0 unspecified atom stereocenters. The summed E-state index contributed by atoms with van der Waals surface area (Å²) in [5.41, 5.74) is 7.40. The van der Waals surface area contributed by atoms with Crippen molar-refractivity contribution in [2.75, 3.05) is 24.7 Å². The van der Waals surface area contributed by atoms with Crippen LogP contribution in [-0.2, 0) is 0 Å². The topological polar surface area (TPSA) is 47.3 Å². The first-order valence-corrected chi connectivity index (χ1v) is 4.45. The van der Waals surface area contributed by atoms with Gasteiger partial charge in [0, 0.05) is 18.3 Å². The van der Waals surface area contributed by atoms with Crippen LogP contribution in [0, 0.1) is 0 Å². The maximum absolute atomic E-state index is 5.68. The minimum Gasteiger partial charge on any atom is -0.495 e. The van der Waals surface area contributed by atoms with E-state index < -0.39 is 0 Å². The van der Waals surface area contributed by atoms with Crippen molar-refractivity contribution in [3.63, 3.8) is 0 Å². The number of anilines is 2. The first-order chi connectivity index (χ1) is 6.27. The summed E-state index contributed by atoms with van der Waals surface area (Å²) in [5.74, 6) is 0.723. The van der Waals surface area contributed by atoms with Crippen molar-refractivity contribution in [2.24, 2.45) is 0 Å². The molecular weight excluding hydrogens is 164 g/mol. The predicted molar refractivity (Wildman–Crippen MR) is 56.2 cm³/mol. The number of rotatable bonds is 4. The van der Waals surface area contributed by atoms with Crippen molar-refractivity contribution >= 4 is 11.4 Å². The molecule has 3 N–H and O–H groups in total. The van der Waals surface area contributed by atoms with Gasteiger partial charge in [-0.1, -0.05) is 6.92 Å². The van der Waals surface area contributed by atoms with Crippen molar-refractivity contribution < 1.29 is 4.74 Å². The van der Waals surface area contributed by atoms with Crippen molar-refractivity contribution in [1.82, 2.24) is 0 Å². The number of nitrogens with one attached hydrogen (secondary N) is 1. The van der Waals surface area contributed by atoms with E-state index in [-0.39, 0.29) is 0 Å². The van der Waals surface area contributed by atoms with Gasteiger partial charge in [0.25, 0.3) is 0 Å². The monoisotopic (exact) mass is 180 g/mol. The molecule has 1 aromatic rings. The third-order valence-corrected chi connectivity index (χ3v) is 1.81. The molecule has 0 amide bonds. The Bertz CT molecular complexity index is 274. The highest BCUT2D eigenvalue weighted by Crippen LogP contribution is 2.24. The van der Waals surface area contributed by atoms with E-state index in [4.69, 9.17) is 10.5 Å². The highest BCUT2D eigenvalue weighted by Gasteiger charge is 1.99. The van der Waals surface area contributed by atoms with Gasteiger partial charge in [-0.25, -0.2) is 0 Å². The zero-order valence-corrected chi connectivity index (χ0v) is 8.13. The molecule has 0 fully saturated rings. The van der Waals surface area contributed by atoms with E-state index in [1.165, 1.54) is 0 Å². The Morgan fingerprint density at radius 3 is 2.85 bits per heavy atom. The summed E-state index contributed by atoms with van der Waals surface area (Å²) < 4.78 is 5.10. The van der Waals surface area contributed by atoms with Crippen molar-refractivity contribution in [1.29, 1.82) is 0 Å². The average Bonchev–Trinajstić information content (AvgIpc) is 2.16. The number of methoxy groups -OCH3 is 1. The Morgan fingerprint density at radius 2 is 2.23 bits per heavy atom. The van der Waals surface area contributed by atoms with Gasteiger partial charge in [-0.3, -0.25) is 0 Å². The summed E-state index contributed by atoms with van der Waals surface area (Å²) >= 11 is 0. The second kappa shape index (κ2) is 4.60. The molecular formula is C10H16N2O. The largest absolute Gasteiger partial charge is 0.495 e. The van der Waals surface area contributed by atoms with Crippen LogP contribution < -0.4 is 15.8 Å². The Kier molecular flexibility index (Phi) is 3.43. The molecule has 0 atom stereocenters. The van der Waals surface area contributed by atoms with Crippen LogP contribution in [0.2, 0.25) is 0 Å². The first kappa shape index (κ1) is 9.71. The third-order valence-electron chi connectivity index (χ3n) is 1.81. The van der Waals surface area contributed by atoms with Crippen LogP contribution in [0.5, 0.6) is 5.75 Å². The standard InChI is InChI=1S/C10H16N2O/c1-3-6-12-8-4-5-9(11)10(7-8)13-2/h4-5,7,12H,3,6,11H2,1-2H3. The van der Waals surface area contributed by atoms with E-state index in [0.717, 1.165) is 24.4 Å². The number of nitrogens with two attached hydrogens (primary N) is 1. The van der Waals surface area contributed by atoms with Gasteiger partial charge in [0.15, 0.2) is 0 Å². The first-order valence-electron chi connectivity index (χ1n) is 4.45. The smallest absolute Gasteiger partial charge is 0.143 e. The lowest BCUT2D eigenvalue weighted by Crippen LogP contribution is -2.00. The van der Waals surface area contributed by atoms with Crippen molar-refractivity contribution in [3.8, 4) is 5.75 Å². The number of nitrogen functional groups attached to an aromatic ring is 1. The van der Waals surface area contributed by atoms with E-state index in [1.807, 2.05) is 18.2 Å². The zero-order chi connectivity index (χ0) is 9.68. The lowest BCUT2D eigenvalue weighted by atomic mass is 10.2. The molecule has 0 aliphatic heterocycles. The van der Waals surface area contributed by atoms with Gasteiger partial charge >= 0.3 is 0 Å². The lowest BCUT2D eigenvalue weighted by molar-refractivity contribution is 0.417. The van der Waals surface area contributed by atoms with Gasteiger partial charge in [-0.05, 0) is 18.6 Å². The van der Waals surface area contributed by atoms with Crippen LogP contribution in [0.1, 0.15) is 13.3 Å². The molecule has 0 spiro atoms. The molecule has 0 aliphatic rings. The summed E-state index contributed by atoms with van der Waals surface area (Å²) in [6.45, 7) is 3.09. The fraction of sp³-hybridized carbons (Fsp3) is 0.400. The predicted octanol–water partition coefficient (Wildman–Crippen LogP) is 2.10. The highest BCUT2D eigenvalue weighted by molar-refractivity contribution is 5.61. The van der Waals surface area contributed by atoms with Gasteiger partial charge < -0.3 is 15.8 Å². The number of hydrogen-bond acceptors (Lipinski definition) is 3. The number of benzene rings is 1. The SMILES string of the molecule is CCCNc1ccc(N)c(OC)c1. The fourth-order valence-electron chi connectivity index (χ4n) is 1.09. The van der Waals surface area contributed by atoms with Crippen LogP contribution in [0.25, 0.3) is 0 Å². The summed E-state index contributed by atoms with van der Waals surface area (Å²) in [7, 11) is 1.62. The molecule has 13 heavy (non-hydrogen) atoms. The molecule has 3 heteroatoms. The molecule has 1 aromatic carbocycles. The van der Waals surface area contributed by atoms with Crippen LogP contribution in [0.4, 0.5) is 11.4 Å². The molecule has 0 bridgehead atoms. The maximum atomic E-state index is 5.68. The molecule has 0 aromatic heterocycles. The highest BCUT2D eigenvalue weighted by atomic mass is 16.5. The fourth-order valence-corrected chi connectivity index (χ4v) is 1.09. The van der Waals surface area contributed by atoms with Crippen LogP contribution >= 0.6 is 0 Å². The molecule has 3 nitrogen and oxygen atoms in total. The lowest BCUT2D eigenvalue weighted by Gasteiger charge is -2.08. The van der Waals surface area contributed by atoms with Gasteiger partial charge in [-0.15, -0.1) is 0 Å². The Labute approximate surface area is 78.9 Å². The quantitative estimate of drug-likeness (QED) is 0.697. The maximum Gasteiger partial charge on any atom is 0.143 e. The van der Waals surface area contributed by atoms with Crippen LogP contribution in [-0.4, -0.2) is 13.7 Å². The van der Waals surface area contributed by atoms with Gasteiger partial charge in [0.2, 0.25) is 0 Å². The van der Waals surface area contributed by atoms with Crippen molar-refractivity contribution in [2.45, 2.75) is 13.3 Å². The number of ether oxygens (including phenoxy) is 1. The summed E-state index contributed by atoms with van der Waals surface area (Å²) in [5, 5.41) is 3.26. The van der Waals surface area contributed by atoms with E-state index >= 15 is 0 Å². The molecule has 0 radical (unpaired) electrons. The Balaban J connectivity index is 2.74. The normalized spacial score (nSPS) is 9.69. The molecule has 0 heterocycles. The average molecular weight is 180 g/mol. The molecule has 0 saturated carbocycles. The summed E-state index contributed by atoms with van der Waals surface area (Å²) in [6, 6.07) is 5.70. The van der Waals surface area contributed by atoms with Crippen molar-refractivity contribution in [3.05, 3.63) is 18.2 Å². The molecule has 0 aliphatic carbocycles. The Morgan fingerprint density at radius 1 is 1.46 bits per heavy atom. The minimum atomic E-state index is 0.671. The van der Waals surface area contributed by atoms with Crippen LogP contribution in [0.15, 0.2) is 18.2 Å².